The highest BCUT2D eigenvalue weighted by molar-refractivity contribution is 7.22. The van der Waals surface area contributed by atoms with Crippen molar-refractivity contribution in [2.75, 3.05) is 11.5 Å². The van der Waals surface area contributed by atoms with Crippen molar-refractivity contribution in [2.24, 2.45) is 0 Å². The third kappa shape index (κ3) is 2.86. The van der Waals surface area contributed by atoms with Crippen molar-refractivity contribution in [1.82, 2.24) is 19.9 Å². The summed E-state index contributed by atoms with van der Waals surface area (Å²) in [4.78, 5) is 17.5. The molecule has 0 amide bonds. The van der Waals surface area contributed by atoms with E-state index < -0.39 is 0 Å². The van der Waals surface area contributed by atoms with E-state index >= 15 is 0 Å². The van der Waals surface area contributed by atoms with E-state index in [9.17, 15) is 0 Å². The predicted molar refractivity (Wildman–Crippen MR) is 103 cm³/mol. The second-order valence-electron chi connectivity index (χ2n) is 5.16. The number of fused-ring (bicyclic) bond motifs is 1. The molecule has 0 aliphatic carbocycles. The lowest BCUT2D eigenvalue weighted by Crippen LogP contribution is -2.00. The molecule has 0 fully saturated rings. The Morgan fingerprint density at radius 3 is 2.28 bits per heavy atom. The zero-order valence-corrected chi connectivity index (χ0v) is 14.9. The molecule has 0 bridgehead atoms. The third-order valence-corrected chi connectivity index (χ3v) is 5.18. The number of halogens is 2. The molecule has 3 heterocycles. The lowest BCUT2D eigenvalue weighted by molar-refractivity contribution is 1.16. The van der Waals surface area contributed by atoms with Gasteiger partial charge in [0.05, 0.1) is 20.3 Å². The summed E-state index contributed by atoms with van der Waals surface area (Å²) in [5.74, 6) is 0.906. The van der Waals surface area contributed by atoms with Gasteiger partial charge in [-0.2, -0.15) is 0 Å². The summed E-state index contributed by atoms with van der Waals surface area (Å²) >= 11 is 14.0. The van der Waals surface area contributed by atoms with Crippen LogP contribution >= 0.6 is 34.5 Å². The summed E-state index contributed by atoms with van der Waals surface area (Å²) in [7, 11) is 0. The van der Waals surface area contributed by atoms with Gasteiger partial charge in [0.1, 0.15) is 22.3 Å². The minimum atomic E-state index is 0.278. The van der Waals surface area contributed by atoms with E-state index in [0.717, 1.165) is 10.2 Å². The first-order valence-corrected chi connectivity index (χ1v) is 8.70. The molecule has 3 aromatic heterocycles. The molecule has 0 radical (unpaired) electrons. The van der Waals surface area contributed by atoms with Crippen molar-refractivity contribution in [2.45, 2.75) is 0 Å². The van der Waals surface area contributed by atoms with E-state index in [4.69, 9.17) is 34.7 Å². The van der Waals surface area contributed by atoms with Gasteiger partial charge >= 0.3 is 0 Å². The molecule has 0 aliphatic rings. The molecule has 0 aliphatic heterocycles. The minimum Gasteiger partial charge on any atom is -0.384 e. The van der Waals surface area contributed by atoms with Crippen molar-refractivity contribution in [3.05, 3.63) is 46.6 Å². The number of hydrogen-bond donors (Lipinski definition) is 2. The molecular formula is C16H10Cl2N6S. The number of aromatic nitrogens is 4. The Labute approximate surface area is 156 Å². The lowest BCUT2D eigenvalue weighted by atomic mass is 10.2. The van der Waals surface area contributed by atoms with Crippen LogP contribution in [0.5, 0.6) is 0 Å². The molecule has 0 saturated heterocycles. The van der Waals surface area contributed by atoms with Gasteiger partial charge in [-0.05, 0) is 18.2 Å². The summed E-state index contributed by atoms with van der Waals surface area (Å²) in [5, 5.41) is 1.76. The first-order chi connectivity index (χ1) is 12.0. The highest BCUT2D eigenvalue weighted by Crippen LogP contribution is 2.40. The maximum atomic E-state index is 6.30. The third-order valence-electron chi connectivity index (χ3n) is 3.46. The maximum absolute atomic E-state index is 6.30. The molecule has 1 aromatic carbocycles. The van der Waals surface area contributed by atoms with Gasteiger partial charge in [0.25, 0.3) is 0 Å². The zero-order valence-electron chi connectivity index (χ0n) is 12.6. The average Bonchev–Trinajstić information content (AvgIpc) is 2.97. The summed E-state index contributed by atoms with van der Waals surface area (Å²) < 4.78 is 0.804. The Hall–Kier alpha value is -2.48. The van der Waals surface area contributed by atoms with Crippen LogP contribution < -0.4 is 11.5 Å². The summed E-state index contributed by atoms with van der Waals surface area (Å²) in [5.41, 5.74) is 13.5. The standard InChI is InChI=1S/C16H10Cl2N6S/c17-7-2-1-3-8(18)12(7)16-22-9-4-5-21-13(14(9)25-16)15-23-10(19)6-11(20)24-15/h1-6H,(H4,19,20,23,24). The Kier molecular flexibility index (Phi) is 3.91. The molecule has 0 spiro atoms. The smallest absolute Gasteiger partial charge is 0.183 e. The van der Waals surface area contributed by atoms with Crippen LogP contribution in [0.2, 0.25) is 10.0 Å². The van der Waals surface area contributed by atoms with E-state index in [1.54, 1.807) is 30.5 Å². The molecular weight excluding hydrogens is 379 g/mol. The predicted octanol–water partition coefficient (Wildman–Crippen LogP) is 4.29. The fourth-order valence-electron chi connectivity index (χ4n) is 2.42. The Balaban J connectivity index is 1.96. The molecule has 0 atom stereocenters. The first-order valence-electron chi connectivity index (χ1n) is 7.13. The number of rotatable bonds is 2. The SMILES string of the molecule is Nc1cc(N)nc(-c2nccc3nc(-c4c(Cl)cccc4Cl)sc23)n1. The Bertz CT molecular complexity index is 1070. The van der Waals surface area contributed by atoms with Crippen molar-refractivity contribution >= 4 is 56.4 Å². The molecule has 25 heavy (non-hydrogen) atoms. The summed E-state index contributed by atoms with van der Waals surface area (Å²) in [6.07, 6.45) is 1.64. The van der Waals surface area contributed by atoms with Gasteiger partial charge in [-0.15, -0.1) is 11.3 Å². The largest absolute Gasteiger partial charge is 0.384 e. The van der Waals surface area contributed by atoms with Gasteiger partial charge in [-0.25, -0.2) is 15.0 Å². The minimum absolute atomic E-state index is 0.278. The first kappa shape index (κ1) is 16.0. The van der Waals surface area contributed by atoms with Gasteiger partial charge < -0.3 is 11.5 Å². The molecule has 4 N–H and O–H groups in total. The Morgan fingerprint density at radius 2 is 1.60 bits per heavy atom. The number of nitrogen functional groups attached to an aromatic ring is 2. The van der Waals surface area contributed by atoms with Gasteiger partial charge in [0, 0.05) is 17.8 Å². The summed E-state index contributed by atoms with van der Waals surface area (Å²) in [6.45, 7) is 0. The number of benzene rings is 1. The van der Waals surface area contributed by atoms with Crippen LogP contribution in [0, 0.1) is 0 Å². The quantitative estimate of drug-likeness (QED) is 0.530. The van der Waals surface area contributed by atoms with Crippen LogP contribution in [0.4, 0.5) is 11.6 Å². The highest BCUT2D eigenvalue weighted by Gasteiger charge is 2.17. The van der Waals surface area contributed by atoms with Crippen molar-refractivity contribution in [3.8, 4) is 22.1 Å². The number of thiazole rings is 1. The van der Waals surface area contributed by atoms with Crippen LogP contribution in [0.15, 0.2) is 36.5 Å². The summed E-state index contributed by atoms with van der Waals surface area (Å²) in [6, 6.07) is 8.63. The van der Waals surface area contributed by atoms with Gasteiger partial charge in [0.15, 0.2) is 5.82 Å². The number of nitrogens with zero attached hydrogens (tertiary/aromatic N) is 4. The number of hydrogen-bond acceptors (Lipinski definition) is 7. The molecule has 9 heteroatoms. The van der Waals surface area contributed by atoms with Crippen LogP contribution in [-0.4, -0.2) is 19.9 Å². The molecule has 4 rings (SSSR count). The average molecular weight is 389 g/mol. The molecule has 124 valence electrons. The van der Waals surface area contributed by atoms with Crippen molar-refractivity contribution in [3.63, 3.8) is 0 Å². The second kappa shape index (κ2) is 6.11. The normalized spacial score (nSPS) is 11.1. The molecule has 0 unspecified atom stereocenters. The van der Waals surface area contributed by atoms with Crippen LogP contribution in [-0.2, 0) is 0 Å². The lowest BCUT2D eigenvalue weighted by Gasteiger charge is -2.03. The maximum Gasteiger partial charge on any atom is 0.183 e. The van der Waals surface area contributed by atoms with Crippen LogP contribution in [0.3, 0.4) is 0 Å². The van der Waals surface area contributed by atoms with Crippen molar-refractivity contribution < 1.29 is 0 Å². The van der Waals surface area contributed by atoms with E-state index in [0.29, 0.717) is 32.1 Å². The molecule has 6 nitrogen and oxygen atoms in total. The monoisotopic (exact) mass is 388 g/mol. The van der Waals surface area contributed by atoms with E-state index in [1.807, 2.05) is 0 Å². The van der Waals surface area contributed by atoms with E-state index in [1.165, 1.54) is 17.4 Å². The highest BCUT2D eigenvalue weighted by atomic mass is 35.5. The number of nitrogens with two attached hydrogens (primary N) is 2. The fraction of sp³-hybridized carbons (Fsp3) is 0. The van der Waals surface area contributed by atoms with Gasteiger partial charge in [-0.3, -0.25) is 4.98 Å². The molecule has 0 saturated carbocycles. The van der Waals surface area contributed by atoms with Crippen LogP contribution in [0.1, 0.15) is 0 Å². The zero-order chi connectivity index (χ0) is 17.6. The van der Waals surface area contributed by atoms with Gasteiger partial charge in [0.2, 0.25) is 0 Å². The molecule has 4 aromatic rings. The van der Waals surface area contributed by atoms with Crippen molar-refractivity contribution in [1.29, 1.82) is 0 Å². The second-order valence-corrected chi connectivity index (χ2v) is 6.98. The fourth-order valence-corrected chi connectivity index (χ4v) is 4.22. The number of anilines is 2. The van der Waals surface area contributed by atoms with Crippen LogP contribution in [0.25, 0.3) is 32.3 Å². The van der Waals surface area contributed by atoms with E-state index in [-0.39, 0.29) is 11.6 Å². The Morgan fingerprint density at radius 1 is 0.920 bits per heavy atom. The topological polar surface area (TPSA) is 104 Å². The number of pyridine rings is 1. The van der Waals surface area contributed by atoms with Gasteiger partial charge in [-0.1, -0.05) is 29.3 Å². The van der Waals surface area contributed by atoms with E-state index in [2.05, 4.69) is 19.9 Å².